The quantitative estimate of drug-likeness (QED) is 0.237. The van der Waals surface area contributed by atoms with Gasteiger partial charge in [0.05, 0.1) is 17.7 Å². The molecule has 184 valence electrons. The molecule has 2 fully saturated rings. The Labute approximate surface area is 205 Å². The van der Waals surface area contributed by atoms with Gasteiger partial charge in [0.1, 0.15) is 11.5 Å². The van der Waals surface area contributed by atoms with E-state index in [0.29, 0.717) is 48.8 Å². The van der Waals surface area contributed by atoms with Crippen LogP contribution in [0.5, 0.6) is 5.75 Å². The maximum absolute atomic E-state index is 13.0. The van der Waals surface area contributed by atoms with Gasteiger partial charge in [-0.3, -0.25) is 9.79 Å². The average molecular weight is 486 g/mol. The molecule has 2 saturated heterocycles. The average Bonchev–Trinajstić information content (AvgIpc) is 3.30. The van der Waals surface area contributed by atoms with Crippen molar-refractivity contribution in [2.75, 3.05) is 12.3 Å². The number of fused-ring (bicyclic) bond motifs is 1. The number of nitrogens with zero attached hydrogens (tertiary/aromatic N) is 1. The number of rotatable bonds is 9. The summed E-state index contributed by atoms with van der Waals surface area (Å²) < 4.78 is 0. The molecule has 34 heavy (non-hydrogen) atoms. The lowest BCUT2D eigenvalue weighted by molar-refractivity contribution is -0.118. The highest BCUT2D eigenvalue weighted by atomic mass is 32.2. The number of phenolic OH excluding ortho intramolecular Hbond substituents is 1. The van der Waals surface area contributed by atoms with E-state index in [9.17, 15) is 19.8 Å². The number of ketones is 1. The van der Waals surface area contributed by atoms with Crippen LogP contribution >= 0.6 is 11.8 Å². The van der Waals surface area contributed by atoms with Crippen molar-refractivity contribution >= 4 is 29.3 Å². The summed E-state index contributed by atoms with van der Waals surface area (Å²) >= 11 is 1.91. The zero-order valence-electron chi connectivity index (χ0n) is 20.0. The SMILES string of the molecule is CC1(C)CC(=O)C(C(CCCC[C@@H]2SC[C@@H]3NC(=O)N[C@@H]32)=NCCc2ccc(O)cc2)=C(O)C1. The number of aliphatic hydroxyl groups is 1. The summed E-state index contributed by atoms with van der Waals surface area (Å²) in [6, 6.07) is 7.43. The van der Waals surface area contributed by atoms with Gasteiger partial charge < -0.3 is 20.8 Å². The van der Waals surface area contributed by atoms with E-state index in [-0.39, 0.29) is 40.8 Å². The molecular weight excluding hydrogens is 450 g/mol. The fourth-order valence-corrected chi connectivity index (χ4v) is 6.71. The Morgan fingerprint density at radius 2 is 1.88 bits per heavy atom. The van der Waals surface area contributed by atoms with Crippen molar-refractivity contribution in [2.24, 2.45) is 10.4 Å². The lowest BCUT2D eigenvalue weighted by atomic mass is 9.75. The van der Waals surface area contributed by atoms with E-state index in [2.05, 4.69) is 10.6 Å². The predicted octanol–water partition coefficient (Wildman–Crippen LogP) is 4.30. The van der Waals surface area contributed by atoms with E-state index in [1.807, 2.05) is 37.7 Å². The van der Waals surface area contributed by atoms with Crippen LogP contribution in [0.3, 0.4) is 0 Å². The Balaban J connectivity index is 1.39. The van der Waals surface area contributed by atoms with E-state index in [1.54, 1.807) is 12.1 Å². The van der Waals surface area contributed by atoms with Crippen LogP contribution in [-0.4, -0.2) is 57.4 Å². The number of benzene rings is 1. The number of unbranched alkanes of at least 4 members (excludes halogenated alkanes) is 1. The lowest BCUT2D eigenvalue weighted by Gasteiger charge is -2.30. The number of hydrogen-bond acceptors (Lipinski definition) is 6. The van der Waals surface area contributed by atoms with Crippen LogP contribution < -0.4 is 10.6 Å². The van der Waals surface area contributed by atoms with Gasteiger partial charge in [-0.05, 0) is 48.8 Å². The van der Waals surface area contributed by atoms with Gasteiger partial charge in [0.25, 0.3) is 0 Å². The van der Waals surface area contributed by atoms with Crippen LogP contribution in [0.15, 0.2) is 40.6 Å². The van der Waals surface area contributed by atoms with Gasteiger partial charge in [0, 0.05) is 36.1 Å². The number of urea groups is 1. The number of aliphatic hydroxyl groups excluding tert-OH is 1. The third kappa shape index (κ3) is 5.95. The Morgan fingerprint density at radius 3 is 2.62 bits per heavy atom. The molecule has 0 unspecified atom stereocenters. The highest BCUT2D eigenvalue weighted by Gasteiger charge is 2.42. The molecule has 2 heterocycles. The molecule has 4 N–H and O–H groups in total. The number of aliphatic imine (C=N–C) groups is 1. The first-order chi connectivity index (χ1) is 16.2. The molecule has 0 radical (unpaired) electrons. The summed E-state index contributed by atoms with van der Waals surface area (Å²) in [6.07, 6.45) is 5.10. The second-order valence-electron chi connectivity index (χ2n) is 10.4. The van der Waals surface area contributed by atoms with Gasteiger partial charge in [-0.15, -0.1) is 0 Å². The summed E-state index contributed by atoms with van der Waals surface area (Å²) in [4.78, 5) is 29.3. The fourth-order valence-electron chi connectivity index (χ4n) is 5.16. The molecule has 1 aromatic carbocycles. The van der Waals surface area contributed by atoms with Gasteiger partial charge >= 0.3 is 6.03 Å². The maximum atomic E-state index is 13.0. The first kappa shape index (κ1) is 24.6. The molecular formula is C26H35N3O4S. The Hall–Kier alpha value is -2.48. The molecule has 7 nitrogen and oxygen atoms in total. The molecule has 2 amide bonds. The topological polar surface area (TPSA) is 111 Å². The number of amides is 2. The minimum Gasteiger partial charge on any atom is -0.511 e. The van der Waals surface area contributed by atoms with Crippen molar-refractivity contribution < 1.29 is 19.8 Å². The third-order valence-corrected chi connectivity index (χ3v) is 8.38. The predicted molar refractivity (Wildman–Crippen MR) is 136 cm³/mol. The van der Waals surface area contributed by atoms with E-state index in [0.717, 1.165) is 30.6 Å². The van der Waals surface area contributed by atoms with Crippen LogP contribution in [0.2, 0.25) is 0 Å². The largest absolute Gasteiger partial charge is 0.511 e. The molecule has 8 heteroatoms. The van der Waals surface area contributed by atoms with Crippen molar-refractivity contribution in [3.05, 3.63) is 41.2 Å². The number of aromatic hydroxyl groups is 1. The number of carbonyl (C=O) groups excluding carboxylic acids is 2. The lowest BCUT2D eigenvalue weighted by Crippen LogP contribution is -2.36. The van der Waals surface area contributed by atoms with Gasteiger partial charge in [0.2, 0.25) is 0 Å². The van der Waals surface area contributed by atoms with E-state index in [4.69, 9.17) is 4.99 Å². The summed E-state index contributed by atoms with van der Waals surface area (Å²) in [5, 5.41) is 26.6. The molecule has 0 bridgehead atoms. The van der Waals surface area contributed by atoms with Crippen LogP contribution in [-0.2, 0) is 11.2 Å². The van der Waals surface area contributed by atoms with Gasteiger partial charge in [-0.25, -0.2) is 4.79 Å². The van der Waals surface area contributed by atoms with Crippen molar-refractivity contribution in [2.45, 2.75) is 76.1 Å². The van der Waals surface area contributed by atoms with Crippen molar-refractivity contribution in [3.63, 3.8) is 0 Å². The second kappa shape index (κ2) is 10.4. The standard InChI is InChI=1S/C26H35N3O4S/c1-26(2)13-20(31)23(21(32)14-26)18(27-12-11-16-7-9-17(30)10-8-16)5-3-4-6-22-24-19(15-34-22)28-25(33)29-24/h7-10,19,22,24,30-31H,3-6,11-15H2,1-2H3,(H2,28,29,33)/t19-,22-,24-/m0/s1. The van der Waals surface area contributed by atoms with Crippen LogP contribution in [0.4, 0.5) is 4.79 Å². The first-order valence-corrected chi connectivity index (χ1v) is 13.2. The number of nitrogens with one attached hydrogen (secondary N) is 2. The number of Topliss-reactive ketones (excluding diaryl/α,β-unsaturated/α-hetero) is 1. The zero-order chi connectivity index (χ0) is 24.3. The minimum atomic E-state index is -0.238. The van der Waals surface area contributed by atoms with E-state index >= 15 is 0 Å². The molecule has 1 aliphatic carbocycles. The third-order valence-electron chi connectivity index (χ3n) is 6.87. The Morgan fingerprint density at radius 1 is 1.12 bits per heavy atom. The smallest absolute Gasteiger partial charge is 0.315 e. The molecule has 3 atom stereocenters. The highest BCUT2D eigenvalue weighted by molar-refractivity contribution is 8.00. The summed E-state index contributed by atoms with van der Waals surface area (Å²) in [6.45, 7) is 4.53. The first-order valence-electron chi connectivity index (χ1n) is 12.2. The minimum absolute atomic E-state index is 0.0222. The maximum Gasteiger partial charge on any atom is 0.315 e. The zero-order valence-corrected chi connectivity index (χ0v) is 20.8. The molecule has 0 saturated carbocycles. The number of carbonyl (C=O) groups is 2. The highest BCUT2D eigenvalue weighted by Crippen LogP contribution is 2.37. The van der Waals surface area contributed by atoms with Gasteiger partial charge in [-0.2, -0.15) is 11.8 Å². The van der Waals surface area contributed by atoms with E-state index in [1.165, 1.54) is 0 Å². The van der Waals surface area contributed by atoms with Crippen LogP contribution in [0.25, 0.3) is 0 Å². The van der Waals surface area contributed by atoms with Crippen LogP contribution in [0.1, 0.15) is 57.9 Å². The molecule has 3 aliphatic rings. The van der Waals surface area contributed by atoms with Crippen molar-refractivity contribution in [1.29, 1.82) is 0 Å². The molecule has 2 aliphatic heterocycles. The summed E-state index contributed by atoms with van der Waals surface area (Å²) in [5.41, 5.74) is 1.96. The molecule has 0 spiro atoms. The summed E-state index contributed by atoms with van der Waals surface area (Å²) in [7, 11) is 0. The van der Waals surface area contributed by atoms with Crippen molar-refractivity contribution in [3.8, 4) is 5.75 Å². The van der Waals surface area contributed by atoms with Gasteiger partial charge in [0.15, 0.2) is 5.78 Å². The fraction of sp³-hybridized carbons (Fsp3) is 0.577. The molecule has 1 aromatic rings. The van der Waals surface area contributed by atoms with Crippen LogP contribution in [0, 0.1) is 5.41 Å². The number of hydrogen-bond donors (Lipinski definition) is 4. The number of thioether (sulfide) groups is 1. The summed E-state index contributed by atoms with van der Waals surface area (Å²) in [5.74, 6) is 1.33. The van der Waals surface area contributed by atoms with Crippen molar-refractivity contribution in [1.82, 2.24) is 10.6 Å². The van der Waals surface area contributed by atoms with E-state index < -0.39 is 0 Å². The number of allylic oxidation sites excluding steroid dienone is 2. The molecule has 4 rings (SSSR count). The molecule has 0 aromatic heterocycles. The normalized spacial score (nSPS) is 26.4. The second-order valence-corrected chi connectivity index (χ2v) is 11.6. The monoisotopic (exact) mass is 485 g/mol. The number of phenols is 1. The Kier molecular flexibility index (Phi) is 7.55. The Bertz CT molecular complexity index is 986. The van der Waals surface area contributed by atoms with Gasteiger partial charge in [-0.1, -0.05) is 32.4 Å².